The third-order valence-electron chi connectivity index (χ3n) is 4.78. The van der Waals surface area contributed by atoms with Gasteiger partial charge in [-0.25, -0.2) is 4.98 Å². The fourth-order valence-corrected chi connectivity index (χ4v) is 3.30. The number of para-hydroxylation sites is 2. The lowest BCUT2D eigenvalue weighted by Gasteiger charge is -2.16. The highest BCUT2D eigenvalue weighted by molar-refractivity contribution is 5.85. The van der Waals surface area contributed by atoms with E-state index in [9.17, 15) is 0 Å². The molecule has 148 valence electrons. The van der Waals surface area contributed by atoms with Crippen LogP contribution in [0.2, 0.25) is 0 Å². The number of aryl methyl sites for hydroxylation is 1. The Morgan fingerprint density at radius 3 is 1.83 bits per heavy atom. The van der Waals surface area contributed by atoms with Crippen molar-refractivity contribution in [3.8, 4) is 0 Å². The summed E-state index contributed by atoms with van der Waals surface area (Å²) < 4.78 is 0. The predicted molar refractivity (Wildman–Crippen MR) is 125 cm³/mol. The highest BCUT2D eigenvalue weighted by Crippen LogP contribution is 2.34. The first-order valence-electron chi connectivity index (χ1n) is 10.2. The van der Waals surface area contributed by atoms with E-state index < -0.39 is 0 Å². The Bertz CT molecular complexity index is 989. The Kier molecular flexibility index (Phi) is 6.71. The molecular formula is C26H29N3. The topological polar surface area (TPSA) is 37.6 Å². The largest absolute Gasteiger partial charge is 0.255 e. The monoisotopic (exact) mass is 383 g/mol. The minimum atomic E-state index is 0.417. The van der Waals surface area contributed by atoms with Crippen molar-refractivity contribution in [1.29, 1.82) is 0 Å². The van der Waals surface area contributed by atoms with Gasteiger partial charge in [-0.2, -0.15) is 0 Å². The molecule has 2 aromatic carbocycles. The number of benzene rings is 2. The summed E-state index contributed by atoms with van der Waals surface area (Å²) in [6, 6.07) is 20.5. The zero-order valence-electron chi connectivity index (χ0n) is 17.9. The first-order valence-corrected chi connectivity index (χ1v) is 10.2. The summed E-state index contributed by atoms with van der Waals surface area (Å²) in [7, 11) is 0. The molecule has 0 aliphatic heterocycles. The number of aromatic nitrogens is 1. The molecule has 0 saturated heterocycles. The average molecular weight is 384 g/mol. The highest BCUT2D eigenvalue weighted by atomic mass is 14.8. The van der Waals surface area contributed by atoms with Crippen molar-refractivity contribution in [3.05, 3.63) is 88.7 Å². The van der Waals surface area contributed by atoms with Gasteiger partial charge in [-0.1, -0.05) is 64.1 Å². The molecule has 1 heterocycles. The van der Waals surface area contributed by atoms with E-state index in [1.54, 1.807) is 6.21 Å². The van der Waals surface area contributed by atoms with Crippen LogP contribution in [0.5, 0.6) is 0 Å². The maximum Gasteiger partial charge on any atom is 0.0823 e. The van der Waals surface area contributed by atoms with Crippen molar-refractivity contribution in [3.63, 3.8) is 0 Å². The standard InChI is InChI=1S/C26H29N3/c1-18(2)24-12-9-13-25(19(3)4)26(24)28-17-23-15-20(5)14-22(29-23)16-27-21-10-7-6-8-11-21/h6-19H,1-5H3/b27-16+,28-17+. The van der Waals surface area contributed by atoms with Crippen LogP contribution in [0.4, 0.5) is 11.4 Å². The normalized spacial score (nSPS) is 12.0. The molecule has 0 radical (unpaired) electrons. The van der Waals surface area contributed by atoms with Crippen LogP contribution in [-0.2, 0) is 0 Å². The summed E-state index contributed by atoms with van der Waals surface area (Å²) in [6.07, 6.45) is 3.68. The second-order valence-corrected chi connectivity index (χ2v) is 7.94. The van der Waals surface area contributed by atoms with Gasteiger partial charge in [-0.15, -0.1) is 0 Å². The molecule has 29 heavy (non-hydrogen) atoms. The van der Waals surface area contributed by atoms with Gasteiger partial charge in [0.15, 0.2) is 0 Å². The van der Waals surface area contributed by atoms with Crippen LogP contribution in [0.15, 0.2) is 70.6 Å². The predicted octanol–water partition coefficient (Wildman–Crippen LogP) is 7.14. The van der Waals surface area contributed by atoms with E-state index >= 15 is 0 Å². The lowest BCUT2D eigenvalue weighted by molar-refractivity contribution is 0.835. The Morgan fingerprint density at radius 2 is 1.28 bits per heavy atom. The maximum absolute atomic E-state index is 4.89. The quantitative estimate of drug-likeness (QED) is 0.417. The molecule has 0 spiro atoms. The van der Waals surface area contributed by atoms with E-state index in [-0.39, 0.29) is 0 Å². The first kappa shape index (κ1) is 20.7. The lowest BCUT2D eigenvalue weighted by atomic mass is 9.93. The van der Waals surface area contributed by atoms with Gasteiger partial charge in [-0.3, -0.25) is 9.98 Å². The van der Waals surface area contributed by atoms with Crippen LogP contribution < -0.4 is 0 Å². The van der Waals surface area contributed by atoms with Crippen LogP contribution in [-0.4, -0.2) is 17.4 Å². The van der Waals surface area contributed by atoms with E-state index in [1.165, 1.54) is 11.1 Å². The van der Waals surface area contributed by atoms with E-state index in [0.717, 1.165) is 28.3 Å². The van der Waals surface area contributed by atoms with Gasteiger partial charge in [-0.05, 0) is 59.7 Å². The maximum atomic E-state index is 4.89. The van der Waals surface area contributed by atoms with E-state index in [2.05, 4.69) is 63.9 Å². The molecule has 0 bridgehead atoms. The van der Waals surface area contributed by atoms with E-state index in [1.807, 2.05) is 42.6 Å². The summed E-state index contributed by atoms with van der Waals surface area (Å²) in [5.74, 6) is 0.833. The molecule has 0 unspecified atom stereocenters. The number of aliphatic imine (C=N–C) groups is 2. The highest BCUT2D eigenvalue weighted by Gasteiger charge is 2.12. The van der Waals surface area contributed by atoms with Crippen molar-refractivity contribution in [2.45, 2.75) is 46.5 Å². The van der Waals surface area contributed by atoms with Crippen molar-refractivity contribution in [1.82, 2.24) is 4.98 Å². The molecular weight excluding hydrogens is 354 g/mol. The first-order chi connectivity index (χ1) is 13.9. The smallest absolute Gasteiger partial charge is 0.0823 e. The zero-order chi connectivity index (χ0) is 20.8. The van der Waals surface area contributed by atoms with Gasteiger partial charge in [0.25, 0.3) is 0 Å². The van der Waals surface area contributed by atoms with Crippen molar-refractivity contribution < 1.29 is 0 Å². The zero-order valence-corrected chi connectivity index (χ0v) is 17.9. The Balaban J connectivity index is 1.94. The van der Waals surface area contributed by atoms with Gasteiger partial charge < -0.3 is 0 Å². The van der Waals surface area contributed by atoms with Crippen LogP contribution in [0.25, 0.3) is 0 Å². The Morgan fingerprint density at radius 1 is 0.724 bits per heavy atom. The fraction of sp³-hybridized carbons (Fsp3) is 0.269. The van der Waals surface area contributed by atoms with Crippen molar-refractivity contribution in [2.24, 2.45) is 9.98 Å². The molecule has 0 amide bonds. The van der Waals surface area contributed by atoms with Gasteiger partial charge in [0, 0.05) is 0 Å². The average Bonchev–Trinajstić information content (AvgIpc) is 2.70. The van der Waals surface area contributed by atoms with Gasteiger partial charge in [0.05, 0.1) is 35.2 Å². The number of hydrogen-bond donors (Lipinski definition) is 0. The summed E-state index contributed by atoms with van der Waals surface area (Å²) in [6.45, 7) is 10.9. The summed E-state index contributed by atoms with van der Waals surface area (Å²) in [5, 5.41) is 0. The number of hydrogen-bond acceptors (Lipinski definition) is 3. The van der Waals surface area contributed by atoms with Gasteiger partial charge >= 0.3 is 0 Å². The molecule has 0 atom stereocenters. The molecule has 1 aromatic heterocycles. The SMILES string of the molecule is Cc1cc(/C=N/c2ccccc2)nc(/C=N/c2c(C(C)C)cccc2C(C)C)c1. The number of pyridine rings is 1. The molecule has 0 saturated carbocycles. The summed E-state index contributed by atoms with van der Waals surface area (Å²) in [4.78, 5) is 14.1. The molecule has 0 N–H and O–H groups in total. The van der Waals surface area contributed by atoms with E-state index in [4.69, 9.17) is 9.98 Å². The third kappa shape index (κ3) is 5.47. The molecule has 3 heteroatoms. The van der Waals surface area contributed by atoms with Crippen LogP contribution >= 0.6 is 0 Å². The molecule has 0 aliphatic rings. The molecule has 3 nitrogen and oxygen atoms in total. The lowest BCUT2D eigenvalue weighted by Crippen LogP contribution is -1.98. The van der Waals surface area contributed by atoms with Crippen molar-refractivity contribution >= 4 is 23.8 Å². The second kappa shape index (κ2) is 9.42. The number of rotatable bonds is 6. The van der Waals surface area contributed by atoms with Crippen LogP contribution in [0.1, 0.15) is 67.6 Å². The van der Waals surface area contributed by atoms with Crippen LogP contribution in [0.3, 0.4) is 0 Å². The molecule has 0 aliphatic carbocycles. The minimum absolute atomic E-state index is 0.417. The summed E-state index contributed by atoms with van der Waals surface area (Å²) in [5.41, 5.74) is 7.33. The van der Waals surface area contributed by atoms with Gasteiger partial charge in [0.1, 0.15) is 0 Å². The molecule has 3 rings (SSSR count). The van der Waals surface area contributed by atoms with E-state index in [0.29, 0.717) is 11.8 Å². The molecule has 3 aromatic rings. The minimum Gasteiger partial charge on any atom is -0.255 e. The van der Waals surface area contributed by atoms with Gasteiger partial charge in [0.2, 0.25) is 0 Å². The van der Waals surface area contributed by atoms with Crippen molar-refractivity contribution in [2.75, 3.05) is 0 Å². The molecule has 0 fully saturated rings. The Hall–Kier alpha value is -3.07. The fourth-order valence-electron chi connectivity index (χ4n) is 3.30. The summed E-state index contributed by atoms with van der Waals surface area (Å²) >= 11 is 0. The van der Waals surface area contributed by atoms with Crippen LogP contribution in [0, 0.1) is 6.92 Å². The third-order valence-corrected chi connectivity index (χ3v) is 4.78. The Labute approximate surface area is 174 Å². The second-order valence-electron chi connectivity index (χ2n) is 7.94. The number of nitrogens with zero attached hydrogens (tertiary/aromatic N) is 3.